The molecule has 1 heterocycles. The summed E-state index contributed by atoms with van der Waals surface area (Å²) in [6, 6.07) is -0.360. The van der Waals surface area contributed by atoms with Gasteiger partial charge in [-0.3, -0.25) is 4.79 Å². The van der Waals surface area contributed by atoms with Crippen LogP contribution in [0.1, 0.15) is 27.2 Å². The van der Waals surface area contributed by atoms with Gasteiger partial charge in [0.2, 0.25) is 0 Å². The van der Waals surface area contributed by atoms with Crippen molar-refractivity contribution in [3.05, 3.63) is 11.3 Å². The average Bonchev–Trinajstić information content (AvgIpc) is 2.40. The standard InChI is InChI=1S/C10H16NO3.Na/c1-4-5(2)8-9(13)7(6(3)12)10(14)11-8;/h5,8,10-11,13H,4H2,1-3H3;/q-1;+1/t5-,8-,10?;/m0./s1. The van der Waals surface area contributed by atoms with E-state index in [1.807, 2.05) is 13.8 Å². The number of aliphatic hydroxyl groups is 1. The number of hydrogen-bond donors (Lipinski definition) is 2. The van der Waals surface area contributed by atoms with Crippen LogP contribution < -0.4 is 40.0 Å². The van der Waals surface area contributed by atoms with Crippen molar-refractivity contribution in [3.8, 4) is 0 Å². The van der Waals surface area contributed by atoms with Crippen LogP contribution in [0.15, 0.2) is 11.3 Å². The minimum Gasteiger partial charge on any atom is -0.837 e. The largest absolute Gasteiger partial charge is 1.00 e. The van der Waals surface area contributed by atoms with Gasteiger partial charge >= 0.3 is 29.6 Å². The van der Waals surface area contributed by atoms with Gasteiger partial charge in [0.25, 0.3) is 0 Å². The van der Waals surface area contributed by atoms with Crippen molar-refractivity contribution >= 4 is 5.78 Å². The van der Waals surface area contributed by atoms with E-state index in [2.05, 4.69) is 5.32 Å². The fourth-order valence-corrected chi connectivity index (χ4v) is 1.66. The fraction of sp³-hybridized carbons (Fsp3) is 0.700. The van der Waals surface area contributed by atoms with Gasteiger partial charge < -0.3 is 15.5 Å². The van der Waals surface area contributed by atoms with Crippen LogP contribution in [0.25, 0.3) is 0 Å². The Morgan fingerprint density at radius 2 is 2.20 bits per heavy atom. The van der Waals surface area contributed by atoms with E-state index < -0.39 is 6.23 Å². The van der Waals surface area contributed by atoms with E-state index in [1.54, 1.807) is 0 Å². The second kappa shape index (κ2) is 6.01. The molecule has 0 fully saturated rings. The topological polar surface area (TPSA) is 72.4 Å². The van der Waals surface area contributed by atoms with Crippen molar-refractivity contribution in [1.29, 1.82) is 0 Å². The number of carbonyl (C=O) groups excluding carboxylic acids is 1. The first-order valence-electron chi connectivity index (χ1n) is 4.84. The molecular weight excluding hydrogens is 205 g/mol. The Morgan fingerprint density at radius 1 is 1.67 bits per heavy atom. The molecule has 5 heteroatoms. The third kappa shape index (κ3) is 3.04. The SMILES string of the molecule is CC[C@H](C)[C@@H]1NC([O-])C(C(C)=O)=C1O.[Na+]. The van der Waals surface area contributed by atoms with Gasteiger partial charge in [0.15, 0.2) is 5.78 Å². The Labute approximate surface area is 112 Å². The molecule has 4 nitrogen and oxygen atoms in total. The zero-order valence-corrected chi connectivity index (χ0v) is 11.7. The van der Waals surface area contributed by atoms with Crippen molar-refractivity contribution in [1.82, 2.24) is 5.32 Å². The van der Waals surface area contributed by atoms with Gasteiger partial charge in [-0.25, -0.2) is 0 Å². The Balaban J connectivity index is 0.00000196. The molecule has 0 bridgehead atoms. The van der Waals surface area contributed by atoms with E-state index in [4.69, 9.17) is 0 Å². The summed E-state index contributed by atoms with van der Waals surface area (Å²) in [6.07, 6.45) is -0.425. The van der Waals surface area contributed by atoms with Gasteiger partial charge in [-0.2, -0.15) is 0 Å². The van der Waals surface area contributed by atoms with Gasteiger partial charge in [0.1, 0.15) is 5.76 Å². The smallest absolute Gasteiger partial charge is 0.837 e. The molecule has 0 aromatic heterocycles. The number of hydrogen-bond acceptors (Lipinski definition) is 4. The first-order valence-corrected chi connectivity index (χ1v) is 4.84. The molecule has 1 unspecified atom stereocenters. The molecule has 15 heavy (non-hydrogen) atoms. The van der Waals surface area contributed by atoms with E-state index in [9.17, 15) is 15.0 Å². The Hall–Kier alpha value is 0.130. The predicted molar refractivity (Wildman–Crippen MR) is 50.5 cm³/mol. The van der Waals surface area contributed by atoms with Crippen LogP contribution in [0, 0.1) is 5.92 Å². The van der Waals surface area contributed by atoms with Crippen molar-refractivity contribution in [3.63, 3.8) is 0 Å². The summed E-state index contributed by atoms with van der Waals surface area (Å²) in [7, 11) is 0. The third-order valence-corrected chi connectivity index (χ3v) is 2.76. The molecule has 1 aliphatic rings. The molecule has 0 spiro atoms. The van der Waals surface area contributed by atoms with E-state index in [1.165, 1.54) is 6.92 Å². The molecule has 1 rings (SSSR count). The molecule has 80 valence electrons. The molecule has 0 aromatic rings. The first kappa shape index (κ1) is 15.1. The van der Waals surface area contributed by atoms with Crippen LogP contribution >= 0.6 is 0 Å². The van der Waals surface area contributed by atoms with E-state index >= 15 is 0 Å². The van der Waals surface area contributed by atoms with E-state index in [-0.39, 0.29) is 58.6 Å². The molecule has 3 atom stereocenters. The summed E-state index contributed by atoms with van der Waals surface area (Å²) in [4.78, 5) is 11.1. The van der Waals surface area contributed by atoms with Crippen molar-refractivity contribution < 1.29 is 44.6 Å². The zero-order chi connectivity index (χ0) is 10.9. The molecule has 0 amide bonds. The Kier molecular flexibility index (Phi) is 6.06. The maximum Gasteiger partial charge on any atom is 1.00 e. The maximum atomic E-state index is 11.4. The Morgan fingerprint density at radius 3 is 2.53 bits per heavy atom. The predicted octanol–water partition coefficient (Wildman–Crippen LogP) is -2.90. The van der Waals surface area contributed by atoms with Crippen LogP contribution in [0.3, 0.4) is 0 Å². The molecule has 1 aliphatic heterocycles. The average molecular weight is 221 g/mol. The van der Waals surface area contributed by atoms with Crippen molar-refractivity contribution in [2.45, 2.75) is 39.5 Å². The number of Topliss-reactive ketones (excluding diaryl/α,β-unsaturated/α-hetero) is 1. The zero-order valence-electron chi connectivity index (χ0n) is 9.70. The molecule has 0 saturated heterocycles. The van der Waals surface area contributed by atoms with Gasteiger partial charge in [0.05, 0.1) is 6.04 Å². The first-order chi connectivity index (χ1) is 6.49. The van der Waals surface area contributed by atoms with Crippen LogP contribution in [-0.2, 0) is 4.79 Å². The summed E-state index contributed by atoms with van der Waals surface area (Å²) < 4.78 is 0. The number of aliphatic hydroxyl groups excluding tert-OH is 1. The number of ketones is 1. The fourth-order valence-electron chi connectivity index (χ4n) is 1.66. The summed E-state index contributed by atoms with van der Waals surface area (Å²) >= 11 is 0. The molecule has 0 radical (unpaired) electrons. The van der Waals surface area contributed by atoms with Gasteiger partial charge in [-0.1, -0.05) is 20.3 Å². The van der Waals surface area contributed by atoms with Crippen molar-refractivity contribution in [2.75, 3.05) is 0 Å². The summed E-state index contributed by atoms with van der Waals surface area (Å²) in [6.45, 7) is 5.21. The molecule has 0 aromatic carbocycles. The minimum absolute atomic E-state index is 0. The van der Waals surface area contributed by atoms with Crippen LogP contribution in [0.4, 0.5) is 0 Å². The summed E-state index contributed by atoms with van der Waals surface area (Å²) in [5, 5.41) is 23.8. The second-order valence-electron chi connectivity index (χ2n) is 3.77. The number of carbonyl (C=O) groups is 1. The summed E-state index contributed by atoms with van der Waals surface area (Å²) in [5.74, 6) is -0.254. The monoisotopic (exact) mass is 221 g/mol. The number of nitrogens with one attached hydrogen (secondary N) is 1. The van der Waals surface area contributed by atoms with Crippen LogP contribution in [0.2, 0.25) is 0 Å². The quantitative estimate of drug-likeness (QED) is 0.501. The van der Waals surface area contributed by atoms with E-state index in [0.29, 0.717) is 0 Å². The van der Waals surface area contributed by atoms with Crippen LogP contribution in [0.5, 0.6) is 0 Å². The van der Waals surface area contributed by atoms with Gasteiger partial charge in [-0.15, -0.1) is 0 Å². The third-order valence-electron chi connectivity index (χ3n) is 2.76. The molecular formula is C10H16NNaO3. The van der Waals surface area contributed by atoms with Crippen molar-refractivity contribution in [2.24, 2.45) is 5.92 Å². The number of rotatable bonds is 3. The molecule has 0 saturated carbocycles. The molecule has 0 aliphatic carbocycles. The Bertz CT molecular complexity index is 278. The van der Waals surface area contributed by atoms with E-state index in [0.717, 1.165) is 6.42 Å². The maximum absolute atomic E-state index is 11.4. The normalized spacial score (nSPS) is 27.5. The van der Waals surface area contributed by atoms with Gasteiger partial charge in [0, 0.05) is 5.57 Å². The second-order valence-corrected chi connectivity index (χ2v) is 3.77. The summed E-state index contributed by atoms with van der Waals surface area (Å²) in [5.41, 5.74) is -0.00435. The molecule has 2 N–H and O–H groups in total. The van der Waals surface area contributed by atoms with Crippen LogP contribution in [-0.4, -0.2) is 23.2 Å². The van der Waals surface area contributed by atoms with Gasteiger partial charge in [-0.05, 0) is 19.1 Å². The minimum atomic E-state index is -1.27.